The van der Waals surface area contributed by atoms with Gasteiger partial charge in [-0.25, -0.2) is 4.79 Å². The topological polar surface area (TPSA) is 37.3 Å². The van der Waals surface area contributed by atoms with Crippen LogP contribution >= 0.6 is 0 Å². The summed E-state index contributed by atoms with van der Waals surface area (Å²) in [5, 5.41) is 8.96. The van der Waals surface area contributed by atoms with E-state index >= 15 is 0 Å². The summed E-state index contributed by atoms with van der Waals surface area (Å²) in [5.74, 6) is 0.263. The highest BCUT2D eigenvalue weighted by atomic mass is 16.4. The summed E-state index contributed by atoms with van der Waals surface area (Å²) < 4.78 is 0. The third-order valence-electron chi connectivity index (χ3n) is 6.45. The summed E-state index contributed by atoms with van der Waals surface area (Å²) in [4.78, 5) is 10.9. The molecule has 0 saturated carbocycles. The van der Waals surface area contributed by atoms with Crippen molar-refractivity contribution in [2.45, 2.75) is 150 Å². The first-order valence-electron chi connectivity index (χ1n) is 13.4. The van der Waals surface area contributed by atoms with Gasteiger partial charge in [-0.15, -0.1) is 0 Å². The van der Waals surface area contributed by atoms with Crippen LogP contribution in [0.5, 0.6) is 0 Å². The molecule has 0 aliphatic heterocycles. The van der Waals surface area contributed by atoms with Gasteiger partial charge in [0.15, 0.2) is 0 Å². The molecular formula is C28H54O2. The zero-order valence-corrected chi connectivity index (χ0v) is 21.0. The molecule has 2 atom stereocenters. The molecule has 0 heterocycles. The van der Waals surface area contributed by atoms with Crippen molar-refractivity contribution in [1.82, 2.24) is 0 Å². The highest BCUT2D eigenvalue weighted by molar-refractivity contribution is 5.85. The van der Waals surface area contributed by atoms with E-state index < -0.39 is 5.97 Å². The van der Waals surface area contributed by atoms with Crippen LogP contribution in [0.2, 0.25) is 0 Å². The number of carboxylic acids is 1. The Morgan fingerprint density at radius 2 is 1.07 bits per heavy atom. The van der Waals surface area contributed by atoms with Crippen LogP contribution < -0.4 is 0 Å². The number of carboxylic acid groups (broad SMARTS) is 1. The Morgan fingerprint density at radius 1 is 0.700 bits per heavy atom. The number of hydrogen-bond donors (Lipinski definition) is 1. The van der Waals surface area contributed by atoms with Crippen LogP contribution in [-0.4, -0.2) is 11.1 Å². The number of allylic oxidation sites excluding steroid dienone is 1. The van der Waals surface area contributed by atoms with Gasteiger partial charge in [0.05, 0.1) is 0 Å². The predicted octanol–water partition coefficient (Wildman–Crippen LogP) is 9.72. The highest BCUT2D eigenvalue weighted by Gasteiger charge is 2.09. The maximum Gasteiger partial charge on any atom is 0.330 e. The highest BCUT2D eigenvalue weighted by Crippen LogP contribution is 2.21. The molecule has 2 heteroatoms. The summed E-state index contributed by atoms with van der Waals surface area (Å²) >= 11 is 0. The summed E-state index contributed by atoms with van der Waals surface area (Å²) in [6.07, 6.45) is 28.5. The standard InChI is InChI=1S/C28H54O2/c1-5-6-7-8-9-10-11-12-13-14-15-16-17-18-19-20-21-22-25(2)23-26(3)24-27(4)28(29)30/h24-26H,5-23H2,1-4H3,(H,29,30)/b27-24+/t25-,26-/m0/s1. The minimum Gasteiger partial charge on any atom is -0.478 e. The summed E-state index contributed by atoms with van der Waals surface area (Å²) in [6.45, 7) is 8.43. The third-order valence-corrected chi connectivity index (χ3v) is 6.45. The van der Waals surface area contributed by atoms with Gasteiger partial charge in [0.2, 0.25) is 0 Å². The molecule has 0 aliphatic carbocycles. The first kappa shape index (κ1) is 29.2. The Labute approximate surface area is 189 Å². The van der Waals surface area contributed by atoms with Gasteiger partial charge in [0.1, 0.15) is 0 Å². The van der Waals surface area contributed by atoms with Crippen molar-refractivity contribution in [3.8, 4) is 0 Å². The molecule has 30 heavy (non-hydrogen) atoms. The van der Waals surface area contributed by atoms with Gasteiger partial charge < -0.3 is 5.11 Å². The van der Waals surface area contributed by atoms with Gasteiger partial charge in [0, 0.05) is 5.57 Å². The minimum atomic E-state index is -0.789. The molecule has 0 fully saturated rings. The second kappa shape index (κ2) is 21.4. The van der Waals surface area contributed by atoms with E-state index in [4.69, 9.17) is 5.11 Å². The molecule has 0 aromatic carbocycles. The zero-order chi connectivity index (χ0) is 22.5. The average molecular weight is 423 g/mol. The number of hydrogen-bond acceptors (Lipinski definition) is 1. The van der Waals surface area contributed by atoms with E-state index in [0.29, 0.717) is 17.4 Å². The van der Waals surface area contributed by atoms with E-state index in [-0.39, 0.29) is 0 Å². The smallest absolute Gasteiger partial charge is 0.330 e. The van der Waals surface area contributed by atoms with Crippen LogP contribution in [0.15, 0.2) is 11.6 Å². The number of rotatable bonds is 22. The lowest BCUT2D eigenvalue weighted by atomic mass is 9.91. The molecule has 0 rings (SSSR count). The average Bonchev–Trinajstić information content (AvgIpc) is 2.70. The first-order valence-corrected chi connectivity index (χ1v) is 13.4. The van der Waals surface area contributed by atoms with Gasteiger partial charge in [0.25, 0.3) is 0 Å². The molecule has 1 N–H and O–H groups in total. The fraction of sp³-hybridized carbons (Fsp3) is 0.893. The van der Waals surface area contributed by atoms with Gasteiger partial charge in [-0.3, -0.25) is 0 Å². The van der Waals surface area contributed by atoms with E-state index in [1.54, 1.807) is 6.92 Å². The van der Waals surface area contributed by atoms with Crippen molar-refractivity contribution in [1.29, 1.82) is 0 Å². The maximum absolute atomic E-state index is 10.9. The molecule has 0 unspecified atom stereocenters. The molecule has 0 saturated heterocycles. The molecular weight excluding hydrogens is 368 g/mol. The molecule has 0 bridgehead atoms. The second-order valence-corrected chi connectivity index (χ2v) is 9.92. The van der Waals surface area contributed by atoms with E-state index in [2.05, 4.69) is 20.8 Å². The summed E-state index contributed by atoms with van der Waals surface area (Å²) in [7, 11) is 0. The molecule has 2 nitrogen and oxygen atoms in total. The minimum absolute atomic E-state index is 0.363. The molecule has 178 valence electrons. The Balaban J connectivity index is 3.33. The van der Waals surface area contributed by atoms with E-state index in [1.807, 2.05) is 6.08 Å². The van der Waals surface area contributed by atoms with E-state index in [1.165, 1.54) is 116 Å². The van der Waals surface area contributed by atoms with Gasteiger partial charge >= 0.3 is 5.97 Å². The lowest BCUT2D eigenvalue weighted by molar-refractivity contribution is -0.132. The van der Waals surface area contributed by atoms with E-state index in [9.17, 15) is 4.79 Å². The molecule has 0 spiro atoms. The summed E-state index contributed by atoms with van der Waals surface area (Å²) in [5.41, 5.74) is 0.479. The number of carbonyl (C=O) groups is 1. The Bertz CT molecular complexity index is 413. The fourth-order valence-electron chi connectivity index (χ4n) is 4.54. The number of unbranched alkanes of at least 4 members (excludes halogenated alkanes) is 16. The zero-order valence-electron chi connectivity index (χ0n) is 21.0. The van der Waals surface area contributed by atoms with Crippen molar-refractivity contribution < 1.29 is 9.90 Å². The third kappa shape index (κ3) is 20.5. The van der Waals surface area contributed by atoms with Crippen LogP contribution in [0.3, 0.4) is 0 Å². The number of aliphatic carboxylic acids is 1. The normalized spacial score (nSPS) is 14.1. The van der Waals surface area contributed by atoms with Gasteiger partial charge in [-0.05, 0) is 25.2 Å². The van der Waals surface area contributed by atoms with Gasteiger partial charge in [-0.2, -0.15) is 0 Å². The quantitative estimate of drug-likeness (QED) is 0.139. The SMILES string of the molecule is CCCCCCCCCCCCCCCCCCC[C@H](C)C[C@H](C)/C=C(\C)C(=O)O. The van der Waals surface area contributed by atoms with Crippen LogP contribution in [0.1, 0.15) is 150 Å². The monoisotopic (exact) mass is 422 g/mol. The largest absolute Gasteiger partial charge is 0.478 e. The lowest BCUT2D eigenvalue weighted by Crippen LogP contribution is -2.04. The van der Waals surface area contributed by atoms with Crippen molar-refractivity contribution in [3.05, 3.63) is 11.6 Å². The predicted molar refractivity (Wildman–Crippen MR) is 133 cm³/mol. The van der Waals surface area contributed by atoms with E-state index in [0.717, 1.165) is 6.42 Å². The Morgan fingerprint density at radius 3 is 1.43 bits per heavy atom. The summed E-state index contributed by atoms with van der Waals surface area (Å²) in [6, 6.07) is 0. The van der Waals surface area contributed by atoms with Crippen molar-refractivity contribution in [2.75, 3.05) is 0 Å². The van der Waals surface area contributed by atoms with Crippen LogP contribution in [0.25, 0.3) is 0 Å². The Kier molecular flexibility index (Phi) is 20.9. The first-order chi connectivity index (χ1) is 14.5. The van der Waals surface area contributed by atoms with Crippen molar-refractivity contribution in [3.63, 3.8) is 0 Å². The van der Waals surface area contributed by atoms with Gasteiger partial charge in [-0.1, -0.05) is 142 Å². The molecule has 0 aromatic heterocycles. The van der Waals surface area contributed by atoms with Crippen LogP contribution in [0.4, 0.5) is 0 Å². The Hall–Kier alpha value is -0.790. The molecule has 0 aromatic rings. The molecule has 0 amide bonds. The second-order valence-electron chi connectivity index (χ2n) is 9.92. The van der Waals surface area contributed by atoms with Crippen LogP contribution in [-0.2, 0) is 4.79 Å². The van der Waals surface area contributed by atoms with Crippen LogP contribution in [0, 0.1) is 11.8 Å². The molecule has 0 radical (unpaired) electrons. The maximum atomic E-state index is 10.9. The van der Waals surface area contributed by atoms with Crippen molar-refractivity contribution >= 4 is 5.97 Å². The molecule has 0 aliphatic rings. The van der Waals surface area contributed by atoms with Crippen molar-refractivity contribution in [2.24, 2.45) is 11.8 Å². The fourth-order valence-corrected chi connectivity index (χ4v) is 4.54. The lowest BCUT2D eigenvalue weighted by Gasteiger charge is -2.15.